The number of halogens is 4. The smallest absolute Gasteiger partial charge is 0.322 e. The van der Waals surface area contributed by atoms with Crippen molar-refractivity contribution >= 4 is 35.0 Å². The fourth-order valence-corrected chi connectivity index (χ4v) is 2.73. The molecule has 0 bridgehead atoms. The molecule has 2 aromatic heterocycles. The summed E-state index contributed by atoms with van der Waals surface area (Å²) in [6, 6.07) is 0.791. The summed E-state index contributed by atoms with van der Waals surface area (Å²) in [4.78, 5) is 15.6. The van der Waals surface area contributed by atoms with Crippen LogP contribution in [-0.2, 0) is 11.0 Å². The van der Waals surface area contributed by atoms with E-state index in [1.54, 1.807) is 13.8 Å². The molecule has 0 aliphatic heterocycles. The SMILES string of the molecule is Cc1n[nH]c(C)c1NC(=O)CSc1ncc(C(F)(F)F)cc1Cl. The number of aromatic amines is 1. The quantitative estimate of drug-likeness (QED) is 0.809. The van der Waals surface area contributed by atoms with E-state index in [1.165, 1.54) is 0 Å². The van der Waals surface area contributed by atoms with Crippen LogP contribution in [0.15, 0.2) is 17.3 Å². The normalized spacial score (nSPS) is 11.6. The van der Waals surface area contributed by atoms with E-state index in [1.807, 2.05) is 0 Å². The molecule has 0 aliphatic rings. The molecule has 0 spiro atoms. The molecule has 2 rings (SSSR count). The Balaban J connectivity index is 2.00. The molecule has 0 unspecified atom stereocenters. The number of hydrogen-bond acceptors (Lipinski definition) is 4. The Morgan fingerprint density at radius 3 is 2.65 bits per heavy atom. The molecule has 5 nitrogen and oxygen atoms in total. The summed E-state index contributed by atoms with van der Waals surface area (Å²) in [6.07, 6.45) is -3.82. The minimum atomic E-state index is -4.51. The molecule has 0 fully saturated rings. The fourth-order valence-electron chi connectivity index (χ4n) is 1.73. The lowest BCUT2D eigenvalue weighted by Gasteiger charge is -2.09. The molecule has 0 aromatic carbocycles. The lowest BCUT2D eigenvalue weighted by atomic mass is 10.3. The number of nitrogens with one attached hydrogen (secondary N) is 2. The van der Waals surface area contributed by atoms with E-state index < -0.39 is 11.7 Å². The molecule has 23 heavy (non-hydrogen) atoms. The maximum absolute atomic E-state index is 12.5. The molecule has 10 heteroatoms. The van der Waals surface area contributed by atoms with Gasteiger partial charge in [0.05, 0.1) is 33.4 Å². The summed E-state index contributed by atoms with van der Waals surface area (Å²) in [5.74, 6) is -0.373. The van der Waals surface area contributed by atoms with Crippen LogP contribution in [0.4, 0.5) is 18.9 Å². The van der Waals surface area contributed by atoms with Gasteiger partial charge in [-0.15, -0.1) is 0 Å². The van der Waals surface area contributed by atoms with Gasteiger partial charge in [0.25, 0.3) is 0 Å². The number of aryl methyl sites for hydroxylation is 2. The first-order chi connectivity index (χ1) is 10.7. The number of carbonyl (C=O) groups excluding carboxylic acids is 1. The van der Waals surface area contributed by atoms with Gasteiger partial charge in [-0.25, -0.2) is 4.98 Å². The summed E-state index contributed by atoms with van der Waals surface area (Å²) in [5, 5.41) is 9.38. The van der Waals surface area contributed by atoms with Crippen molar-refractivity contribution in [1.82, 2.24) is 15.2 Å². The summed E-state index contributed by atoms with van der Waals surface area (Å²) < 4.78 is 37.6. The van der Waals surface area contributed by atoms with Gasteiger partial charge in [0, 0.05) is 6.20 Å². The number of nitrogens with zero attached hydrogens (tertiary/aromatic N) is 2. The average Bonchev–Trinajstić information content (AvgIpc) is 2.77. The Bertz CT molecular complexity index is 713. The van der Waals surface area contributed by atoms with Gasteiger partial charge in [-0.05, 0) is 19.9 Å². The van der Waals surface area contributed by atoms with Crippen molar-refractivity contribution in [3.63, 3.8) is 0 Å². The number of rotatable bonds is 4. The number of amides is 1. The first-order valence-electron chi connectivity index (χ1n) is 6.35. The lowest BCUT2D eigenvalue weighted by molar-refractivity contribution is -0.137. The Morgan fingerprint density at radius 1 is 1.43 bits per heavy atom. The molecule has 0 aliphatic carbocycles. The molecule has 0 saturated heterocycles. The van der Waals surface area contributed by atoms with Crippen LogP contribution in [-0.4, -0.2) is 26.8 Å². The monoisotopic (exact) mass is 364 g/mol. The van der Waals surface area contributed by atoms with Gasteiger partial charge in [0.2, 0.25) is 5.91 Å². The topological polar surface area (TPSA) is 70.7 Å². The van der Waals surface area contributed by atoms with Crippen LogP contribution in [0, 0.1) is 13.8 Å². The second-order valence-electron chi connectivity index (χ2n) is 4.65. The number of aromatic nitrogens is 3. The van der Waals surface area contributed by atoms with Crippen LogP contribution in [0.25, 0.3) is 0 Å². The number of thioether (sulfide) groups is 1. The lowest BCUT2D eigenvalue weighted by Crippen LogP contribution is -2.15. The fraction of sp³-hybridized carbons (Fsp3) is 0.308. The predicted octanol–water partition coefficient (Wildman–Crippen LogP) is 3.82. The van der Waals surface area contributed by atoms with E-state index in [-0.39, 0.29) is 21.7 Å². The van der Waals surface area contributed by atoms with Crippen LogP contribution in [0.1, 0.15) is 17.0 Å². The highest BCUT2D eigenvalue weighted by molar-refractivity contribution is 8.00. The average molecular weight is 365 g/mol. The summed E-state index contributed by atoms with van der Waals surface area (Å²) >= 11 is 6.74. The number of H-pyrrole nitrogens is 1. The third kappa shape index (κ3) is 4.38. The molecular formula is C13H12ClF3N4OS. The molecule has 2 heterocycles. The molecule has 2 aromatic rings. The largest absolute Gasteiger partial charge is 0.417 e. The number of hydrogen-bond donors (Lipinski definition) is 2. The molecule has 0 radical (unpaired) electrons. The molecule has 0 saturated carbocycles. The zero-order chi connectivity index (χ0) is 17.2. The maximum atomic E-state index is 12.5. The Hall–Kier alpha value is -1.74. The van der Waals surface area contributed by atoms with Gasteiger partial charge in [-0.3, -0.25) is 9.89 Å². The summed E-state index contributed by atoms with van der Waals surface area (Å²) in [7, 11) is 0. The molecule has 124 valence electrons. The number of anilines is 1. The Labute approximate surface area is 139 Å². The molecule has 2 N–H and O–H groups in total. The summed E-state index contributed by atoms with van der Waals surface area (Å²) in [5.41, 5.74) is 1.01. The van der Waals surface area contributed by atoms with E-state index in [4.69, 9.17) is 11.6 Å². The van der Waals surface area contributed by atoms with Crippen LogP contribution in [0.5, 0.6) is 0 Å². The molecule has 0 atom stereocenters. The highest BCUT2D eigenvalue weighted by Crippen LogP contribution is 2.33. The van der Waals surface area contributed by atoms with Gasteiger partial charge < -0.3 is 5.32 Å². The zero-order valence-corrected chi connectivity index (χ0v) is 13.7. The van der Waals surface area contributed by atoms with Gasteiger partial charge in [0.1, 0.15) is 5.03 Å². The Morgan fingerprint density at radius 2 is 2.13 bits per heavy atom. The van der Waals surface area contributed by atoms with Crippen LogP contribution >= 0.6 is 23.4 Å². The van der Waals surface area contributed by atoms with Crippen LogP contribution in [0.3, 0.4) is 0 Å². The highest BCUT2D eigenvalue weighted by Gasteiger charge is 2.31. The number of alkyl halides is 3. The third-order valence-corrected chi connectivity index (χ3v) is 4.27. The van der Waals surface area contributed by atoms with Crippen LogP contribution < -0.4 is 5.32 Å². The van der Waals surface area contributed by atoms with Crippen molar-refractivity contribution in [2.45, 2.75) is 25.0 Å². The third-order valence-electron chi connectivity index (χ3n) is 2.87. The van der Waals surface area contributed by atoms with E-state index in [2.05, 4.69) is 20.5 Å². The van der Waals surface area contributed by atoms with Crippen molar-refractivity contribution < 1.29 is 18.0 Å². The van der Waals surface area contributed by atoms with E-state index in [9.17, 15) is 18.0 Å². The first kappa shape index (κ1) is 17.6. The second kappa shape index (κ2) is 6.79. The molecule has 1 amide bonds. The van der Waals surface area contributed by atoms with E-state index in [0.29, 0.717) is 23.3 Å². The van der Waals surface area contributed by atoms with E-state index >= 15 is 0 Å². The minimum absolute atomic E-state index is 0.0395. The number of pyridine rings is 1. The van der Waals surface area contributed by atoms with Crippen molar-refractivity contribution in [1.29, 1.82) is 0 Å². The van der Waals surface area contributed by atoms with Crippen molar-refractivity contribution in [2.24, 2.45) is 0 Å². The first-order valence-corrected chi connectivity index (χ1v) is 7.72. The van der Waals surface area contributed by atoms with E-state index in [0.717, 1.165) is 17.8 Å². The second-order valence-corrected chi connectivity index (χ2v) is 6.03. The zero-order valence-electron chi connectivity index (χ0n) is 12.1. The van der Waals surface area contributed by atoms with Crippen LogP contribution in [0.2, 0.25) is 5.02 Å². The van der Waals surface area contributed by atoms with Gasteiger partial charge in [-0.2, -0.15) is 18.3 Å². The highest BCUT2D eigenvalue weighted by atomic mass is 35.5. The van der Waals surface area contributed by atoms with Gasteiger partial charge in [0.15, 0.2) is 0 Å². The standard InChI is InChI=1S/C13H12ClF3N4OS/c1-6-11(7(2)21-20-6)19-10(22)5-23-12-9(14)3-8(4-18-12)13(15,16)17/h3-4H,5H2,1-2H3,(H,19,22)(H,20,21). The van der Waals surface area contributed by atoms with Crippen molar-refractivity contribution in [3.8, 4) is 0 Å². The predicted molar refractivity (Wildman–Crippen MR) is 81.7 cm³/mol. The van der Waals surface area contributed by atoms with Crippen molar-refractivity contribution in [3.05, 3.63) is 34.2 Å². The summed E-state index contributed by atoms with van der Waals surface area (Å²) in [6.45, 7) is 3.50. The van der Waals surface area contributed by atoms with Gasteiger partial charge >= 0.3 is 6.18 Å². The Kier molecular flexibility index (Phi) is 5.20. The van der Waals surface area contributed by atoms with Crippen molar-refractivity contribution in [2.75, 3.05) is 11.1 Å². The number of carbonyl (C=O) groups is 1. The maximum Gasteiger partial charge on any atom is 0.417 e. The minimum Gasteiger partial charge on any atom is -0.322 e. The van der Waals surface area contributed by atoms with Gasteiger partial charge in [-0.1, -0.05) is 23.4 Å². The molecular weight excluding hydrogens is 353 g/mol.